The molecule has 0 aliphatic carbocycles. The number of oxazole rings is 1. The fourth-order valence-corrected chi connectivity index (χ4v) is 1.95. The zero-order valence-electron chi connectivity index (χ0n) is 13.5. The second-order valence-electron chi connectivity index (χ2n) is 5.13. The third-order valence-corrected chi connectivity index (χ3v) is 3.14. The van der Waals surface area contributed by atoms with E-state index < -0.39 is 0 Å². The molecule has 0 amide bonds. The van der Waals surface area contributed by atoms with Crippen LogP contribution in [-0.4, -0.2) is 24.0 Å². The predicted octanol–water partition coefficient (Wildman–Crippen LogP) is 3.12. The molecule has 2 rings (SSSR count). The molecular formula is C17H24N4O. The van der Waals surface area contributed by atoms with Crippen LogP contribution in [0.5, 0.6) is 0 Å². The molecule has 0 atom stereocenters. The SMILES string of the molecule is CCCNC(=NCc1coc(-c2ccc(C)cc2)n1)NCC. The Morgan fingerprint density at radius 1 is 1.18 bits per heavy atom. The van der Waals surface area contributed by atoms with Crippen molar-refractivity contribution in [2.45, 2.75) is 33.7 Å². The predicted molar refractivity (Wildman–Crippen MR) is 89.8 cm³/mol. The van der Waals surface area contributed by atoms with E-state index >= 15 is 0 Å². The molecule has 0 saturated carbocycles. The van der Waals surface area contributed by atoms with E-state index in [0.29, 0.717) is 12.4 Å². The van der Waals surface area contributed by atoms with Gasteiger partial charge in [-0.3, -0.25) is 0 Å². The molecule has 5 heteroatoms. The molecule has 1 aromatic heterocycles. The fourth-order valence-electron chi connectivity index (χ4n) is 1.95. The highest BCUT2D eigenvalue weighted by molar-refractivity contribution is 5.79. The minimum Gasteiger partial charge on any atom is -0.444 e. The van der Waals surface area contributed by atoms with Gasteiger partial charge in [0, 0.05) is 18.7 Å². The fraction of sp³-hybridized carbons (Fsp3) is 0.412. The van der Waals surface area contributed by atoms with Gasteiger partial charge in [0.2, 0.25) is 5.89 Å². The number of aliphatic imine (C=N–C) groups is 1. The number of hydrogen-bond acceptors (Lipinski definition) is 3. The molecule has 0 radical (unpaired) electrons. The van der Waals surface area contributed by atoms with Crippen LogP contribution in [0.3, 0.4) is 0 Å². The van der Waals surface area contributed by atoms with Crippen molar-refractivity contribution in [3.05, 3.63) is 41.8 Å². The molecule has 22 heavy (non-hydrogen) atoms. The number of nitrogens with one attached hydrogen (secondary N) is 2. The van der Waals surface area contributed by atoms with Gasteiger partial charge in [-0.15, -0.1) is 0 Å². The summed E-state index contributed by atoms with van der Waals surface area (Å²) in [6.07, 6.45) is 2.73. The number of nitrogens with zero attached hydrogens (tertiary/aromatic N) is 2. The molecule has 2 N–H and O–H groups in total. The van der Waals surface area contributed by atoms with Gasteiger partial charge in [0.15, 0.2) is 5.96 Å². The smallest absolute Gasteiger partial charge is 0.226 e. The molecule has 0 aliphatic rings. The maximum absolute atomic E-state index is 5.54. The van der Waals surface area contributed by atoms with Gasteiger partial charge in [-0.2, -0.15) is 0 Å². The second-order valence-corrected chi connectivity index (χ2v) is 5.13. The number of aryl methyl sites for hydroxylation is 1. The molecule has 1 heterocycles. The average molecular weight is 300 g/mol. The van der Waals surface area contributed by atoms with Gasteiger partial charge >= 0.3 is 0 Å². The molecule has 0 saturated heterocycles. The van der Waals surface area contributed by atoms with E-state index in [1.54, 1.807) is 6.26 Å². The molecular weight excluding hydrogens is 276 g/mol. The first-order chi connectivity index (χ1) is 10.7. The van der Waals surface area contributed by atoms with Gasteiger partial charge in [0.25, 0.3) is 0 Å². The molecule has 118 valence electrons. The van der Waals surface area contributed by atoms with Crippen LogP contribution in [0.4, 0.5) is 0 Å². The van der Waals surface area contributed by atoms with Crippen molar-refractivity contribution < 1.29 is 4.42 Å². The van der Waals surface area contributed by atoms with Gasteiger partial charge in [0.1, 0.15) is 12.0 Å². The normalized spacial score (nSPS) is 11.5. The van der Waals surface area contributed by atoms with Crippen molar-refractivity contribution >= 4 is 5.96 Å². The van der Waals surface area contributed by atoms with E-state index in [9.17, 15) is 0 Å². The minimum absolute atomic E-state index is 0.494. The largest absolute Gasteiger partial charge is 0.444 e. The number of aromatic nitrogens is 1. The number of hydrogen-bond donors (Lipinski definition) is 2. The van der Waals surface area contributed by atoms with Crippen LogP contribution in [-0.2, 0) is 6.54 Å². The Morgan fingerprint density at radius 3 is 2.64 bits per heavy atom. The molecule has 1 aromatic carbocycles. The van der Waals surface area contributed by atoms with Crippen LogP contribution in [0.1, 0.15) is 31.5 Å². The van der Waals surface area contributed by atoms with Crippen molar-refractivity contribution in [1.82, 2.24) is 15.6 Å². The Balaban J connectivity index is 2.02. The zero-order chi connectivity index (χ0) is 15.8. The number of guanidine groups is 1. The highest BCUT2D eigenvalue weighted by atomic mass is 16.3. The average Bonchev–Trinajstić information content (AvgIpc) is 3.00. The first-order valence-electron chi connectivity index (χ1n) is 7.76. The Morgan fingerprint density at radius 2 is 1.95 bits per heavy atom. The lowest BCUT2D eigenvalue weighted by atomic mass is 10.1. The van der Waals surface area contributed by atoms with Gasteiger partial charge in [-0.1, -0.05) is 24.6 Å². The molecule has 0 spiro atoms. The number of rotatable bonds is 6. The van der Waals surface area contributed by atoms with Crippen LogP contribution in [0, 0.1) is 6.92 Å². The minimum atomic E-state index is 0.494. The quantitative estimate of drug-likeness (QED) is 0.635. The van der Waals surface area contributed by atoms with Crippen LogP contribution >= 0.6 is 0 Å². The lowest BCUT2D eigenvalue weighted by molar-refractivity contribution is 0.572. The molecule has 0 unspecified atom stereocenters. The van der Waals surface area contributed by atoms with E-state index in [1.807, 2.05) is 12.1 Å². The molecule has 5 nitrogen and oxygen atoms in total. The summed E-state index contributed by atoms with van der Waals surface area (Å²) in [6.45, 7) is 8.47. The summed E-state index contributed by atoms with van der Waals surface area (Å²) in [7, 11) is 0. The van der Waals surface area contributed by atoms with E-state index in [-0.39, 0.29) is 0 Å². The van der Waals surface area contributed by atoms with Crippen LogP contribution in [0.25, 0.3) is 11.5 Å². The lowest BCUT2D eigenvalue weighted by Crippen LogP contribution is -2.37. The van der Waals surface area contributed by atoms with Crippen molar-refractivity contribution in [2.75, 3.05) is 13.1 Å². The second kappa shape index (κ2) is 8.22. The van der Waals surface area contributed by atoms with Gasteiger partial charge in [-0.05, 0) is 32.4 Å². The van der Waals surface area contributed by atoms with Crippen molar-refractivity contribution in [3.8, 4) is 11.5 Å². The van der Waals surface area contributed by atoms with Crippen molar-refractivity contribution in [3.63, 3.8) is 0 Å². The standard InChI is InChI=1S/C17H24N4O/c1-4-10-19-17(18-5-2)20-11-15-12-22-16(21-15)14-8-6-13(3)7-9-14/h6-9,12H,4-5,10-11H2,1-3H3,(H2,18,19,20). The summed E-state index contributed by atoms with van der Waals surface area (Å²) in [5.74, 6) is 1.45. The monoisotopic (exact) mass is 300 g/mol. The summed E-state index contributed by atoms with van der Waals surface area (Å²) in [4.78, 5) is 9.01. The summed E-state index contributed by atoms with van der Waals surface area (Å²) >= 11 is 0. The Hall–Kier alpha value is -2.30. The highest BCUT2D eigenvalue weighted by Crippen LogP contribution is 2.19. The topological polar surface area (TPSA) is 62.5 Å². The lowest BCUT2D eigenvalue weighted by Gasteiger charge is -2.09. The Kier molecular flexibility index (Phi) is 6.01. The maximum atomic E-state index is 5.54. The first-order valence-corrected chi connectivity index (χ1v) is 7.76. The molecule has 0 bridgehead atoms. The maximum Gasteiger partial charge on any atom is 0.226 e. The zero-order valence-corrected chi connectivity index (χ0v) is 13.5. The highest BCUT2D eigenvalue weighted by Gasteiger charge is 2.06. The summed E-state index contributed by atoms with van der Waals surface area (Å²) in [6, 6.07) is 8.13. The van der Waals surface area contributed by atoms with Crippen molar-refractivity contribution in [1.29, 1.82) is 0 Å². The Labute approximate surface area is 131 Å². The molecule has 2 aromatic rings. The number of benzene rings is 1. The molecule has 0 aliphatic heterocycles. The van der Waals surface area contributed by atoms with Crippen LogP contribution in [0.15, 0.2) is 39.9 Å². The van der Waals surface area contributed by atoms with E-state index in [0.717, 1.165) is 36.7 Å². The van der Waals surface area contributed by atoms with Crippen molar-refractivity contribution in [2.24, 2.45) is 4.99 Å². The van der Waals surface area contributed by atoms with E-state index in [4.69, 9.17) is 4.42 Å². The molecule has 0 fully saturated rings. The third-order valence-electron chi connectivity index (χ3n) is 3.14. The van der Waals surface area contributed by atoms with Crippen LogP contribution < -0.4 is 10.6 Å². The Bertz CT molecular complexity index is 601. The van der Waals surface area contributed by atoms with E-state index in [2.05, 4.69) is 53.5 Å². The van der Waals surface area contributed by atoms with Crippen LogP contribution in [0.2, 0.25) is 0 Å². The first kappa shape index (κ1) is 16.1. The van der Waals surface area contributed by atoms with Gasteiger partial charge in [-0.25, -0.2) is 9.98 Å². The summed E-state index contributed by atoms with van der Waals surface area (Å²) < 4.78 is 5.54. The summed E-state index contributed by atoms with van der Waals surface area (Å²) in [5.41, 5.74) is 3.03. The summed E-state index contributed by atoms with van der Waals surface area (Å²) in [5, 5.41) is 6.48. The third kappa shape index (κ3) is 4.62. The van der Waals surface area contributed by atoms with E-state index in [1.165, 1.54) is 5.56 Å². The van der Waals surface area contributed by atoms with Gasteiger partial charge < -0.3 is 15.1 Å². The van der Waals surface area contributed by atoms with Gasteiger partial charge in [0.05, 0.1) is 6.54 Å².